The van der Waals surface area contributed by atoms with Crippen LogP contribution in [0.3, 0.4) is 0 Å². The van der Waals surface area contributed by atoms with E-state index < -0.39 is 6.09 Å². The second-order valence-corrected chi connectivity index (χ2v) is 9.67. The van der Waals surface area contributed by atoms with E-state index in [1.165, 1.54) is 4.90 Å². The van der Waals surface area contributed by atoms with Crippen LogP contribution in [0, 0.1) is 13.8 Å². The number of ether oxygens (including phenoxy) is 4. The van der Waals surface area contributed by atoms with Gasteiger partial charge in [0.05, 0.1) is 26.4 Å². The minimum absolute atomic E-state index is 0.255. The van der Waals surface area contributed by atoms with Gasteiger partial charge in [0, 0.05) is 43.6 Å². The van der Waals surface area contributed by atoms with E-state index in [1.807, 2.05) is 62.4 Å². The third-order valence-electron chi connectivity index (χ3n) is 6.75. The van der Waals surface area contributed by atoms with Crippen molar-refractivity contribution in [1.82, 2.24) is 14.9 Å². The molecule has 2 aliphatic rings. The Balaban J connectivity index is 1.33. The van der Waals surface area contributed by atoms with E-state index in [9.17, 15) is 4.79 Å². The molecular weight excluding hydrogens is 510 g/mol. The second-order valence-electron chi connectivity index (χ2n) is 9.67. The van der Waals surface area contributed by atoms with Crippen molar-refractivity contribution in [3.05, 3.63) is 77.5 Å². The monoisotopic (exact) mass is 545 g/mol. The first-order chi connectivity index (χ1) is 19.6. The maximum atomic E-state index is 13.3. The third kappa shape index (κ3) is 7.15. The number of carbonyl (C=O) groups excluding carboxylic acids is 1. The van der Waals surface area contributed by atoms with Crippen LogP contribution in [0.25, 0.3) is 0 Å². The fourth-order valence-electron chi connectivity index (χ4n) is 4.56. The Morgan fingerprint density at radius 2 is 1.88 bits per heavy atom. The molecule has 3 heterocycles. The summed E-state index contributed by atoms with van der Waals surface area (Å²) in [5, 5.41) is 3.25. The molecule has 3 aromatic rings. The second kappa shape index (κ2) is 13.4. The number of nitrogens with one attached hydrogen (secondary N) is 1. The largest absolute Gasteiger partial charge is 0.492 e. The van der Waals surface area contributed by atoms with Crippen molar-refractivity contribution < 1.29 is 23.7 Å². The molecule has 0 atom stereocenters. The van der Waals surface area contributed by atoms with Crippen molar-refractivity contribution in [3.8, 4) is 11.5 Å². The SMILES string of the molecule is Cc1cccc(C)c1OC(=O)N1C/C=C\COCc2cc(ccc2OCCN2CCOCC2)Nc2nccc1n2. The van der Waals surface area contributed by atoms with Crippen LogP contribution in [0.4, 0.5) is 22.2 Å². The summed E-state index contributed by atoms with van der Waals surface area (Å²) in [7, 11) is 0. The summed E-state index contributed by atoms with van der Waals surface area (Å²) < 4.78 is 23.3. The third-order valence-corrected chi connectivity index (χ3v) is 6.75. The minimum atomic E-state index is -0.527. The minimum Gasteiger partial charge on any atom is -0.492 e. The van der Waals surface area contributed by atoms with Crippen molar-refractivity contribution in [2.24, 2.45) is 0 Å². The lowest BCUT2D eigenvalue weighted by Crippen LogP contribution is -2.38. The molecule has 1 aromatic heterocycles. The zero-order chi connectivity index (χ0) is 27.7. The zero-order valence-corrected chi connectivity index (χ0v) is 23.0. The summed E-state index contributed by atoms with van der Waals surface area (Å²) in [5.74, 6) is 2.10. The Bertz CT molecular complexity index is 1320. The highest BCUT2D eigenvalue weighted by Crippen LogP contribution is 2.27. The number of hydrogen-bond acceptors (Lipinski definition) is 9. The van der Waals surface area contributed by atoms with Crippen LogP contribution in [-0.4, -0.2) is 73.6 Å². The molecule has 10 nitrogen and oxygen atoms in total. The molecular formula is C30H35N5O5. The van der Waals surface area contributed by atoms with Crippen molar-refractivity contribution in [2.45, 2.75) is 20.5 Å². The summed E-state index contributed by atoms with van der Waals surface area (Å²) in [6.07, 6.45) is 4.84. The maximum Gasteiger partial charge on any atom is 0.421 e. The van der Waals surface area contributed by atoms with Gasteiger partial charge in [-0.2, -0.15) is 4.98 Å². The predicted octanol–water partition coefficient (Wildman–Crippen LogP) is 4.64. The van der Waals surface area contributed by atoms with Crippen LogP contribution < -0.4 is 19.7 Å². The Labute approximate surface area is 234 Å². The number of benzene rings is 2. The number of hydrogen-bond donors (Lipinski definition) is 1. The Morgan fingerprint density at radius 1 is 1.05 bits per heavy atom. The predicted molar refractivity (Wildman–Crippen MR) is 153 cm³/mol. The first-order valence-corrected chi connectivity index (χ1v) is 13.5. The Hall–Kier alpha value is -3.99. The van der Waals surface area contributed by atoms with Gasteiger partial charge < -0.3 is 24.3 Å². The quantitative estimate of drug-likeness (QED) is 0.460. The number of aryl methyl sites for hydroxylation is 2. The van der Waals surface area contributed by atoms with Gasteiger partial charge in [0.15, 0.2) is 0 Å². The number of nitrogens with zero attached hydrogens (tertiary/aromatic N) is 4. The molecule has 2 aromatic carbocycles. The molecule has 0 radical (unpaired) electrons. The van der Waals surface area contributed by atoms with E-state index in [0.717, 1.165) is 61.0 Å². The molecule has 1 fully saturated rings. The Kier molecular flexibility index (Phi) is 9.22. The van der Waals surface area contributed by atoms with Crippen LogP contribution in [0.1, 0.15) is 16.7 Å². The van der Waals surface area contributed by atoms with E-state index in [4.69, 9.17) is 18.9 Å². The molecule has 0 unspecified atom stereocenters. The van der Waals surface area contributed by atoms with Gasteiger partial charge >= 0.3 is 6.09 Å². The van der Waals surface area contributed by atoms with Gasteiger partial charge in [-0.1, -0.05) is 30.4 Å². The van der Waals surface area contributed by atoms with E-state index in [-0.39, 0.29) is 6.54 Å². The van der Waals surface area contributed by atoms with Crippen molar-refractivity contribution in [3.63, 3.8) is 0 Å². The summed E-state index contributed by atoms with van der Waals surface area (Å²) in [6, 6.07) is 13.3. The van der Waals surface area contributed by atoms with Gasteiger partial charge in [0.25, 0.3) is 0 Å². The molecule has 1 saturated heterocycles. The van der Waals surface area contributed by atoms with Gasteiger partial charge in [0.2, 0.25) is 5.95 Å². The fraction of sp³-hybridized carbons (Fsp3) is 0.367. The van der Waals surface area contributed by atoms with Crippen LogP contribution in [0.5, 0.6) is 11.5 Å². The fourth-order valence-corrected chi connectivity index (χ4v) is 4.56. The van der Waals surface area contributed by atoms with Crippen LogP contribution in [0.2, 0.25) is 0 Å². The Morgan fingerprint density at radius 3 is 2.70 bits per heavy atom. The standard InChI is InChI=1S/C30H35N5O5/c1-22-6-5-7-23(2)28(22)40-30(36)35-12-3-4-16-38-21-24-20-25(32-29-31-11-10-27(35)33-29)8-9-26(24)39-19-15-34-13-17-37-18-14-34/h3-11,20H,12-19,21H2,1-2H3,(H,31,32,33)/b4-3-. The first-order valence-electron chi connectivity index (χ1n) is 13.5. The van der Waals surface area contributed by atoms with E-state index in [1.54, 1.807) is 12.3 Å². The van der Waals surface area contributed by atoms with Crippen LogP contribution >= 0.6 is 0 Å². The summed E-state index contributed by atoms with van der Waals surface area (Å²) in [5.41, 5.74) is 3.48. The average molecular weight is 546 g/mol. The van der Waals surface area contributed by atoms with Gasteiger partial charge in [-0.15, -0.1) is 0 Å². The lowest BCUT2D eigenvalue weighted by molar-refractivity contribution is 0.0320. The van der Waals surface area contributed by atoms with E-state index in [2.05, 4.69) is 20.2 Å². The van der Waals surface area contributed by atoms with Gasteiger partial charge in [-0.05, 0) is 49.2 Å². The number of carbonyl (C=O) groups is 1. The lowest BCUT2D eigenvalue weighted by Gasteiger charge is -2.26. The number of rotatable bonds is 5. The van der Waals surface area contributed by atoms with E-state index in [0.29, 0.717) is 37.3 Å². The number of amides is 1. The molecule has 210 valence electrons. The zero-order valence-electron chi connectivity index (χ0n) is 23.0. The number of morpholine rings is 1. The van der Waals surface area contributed by atoms with Crippen molar-refractivity contribution in [1.29, 1.82) is 0 Å². The number of aromatic nitrogens is 2. The molecule has 10 heteroatoms. The molecule has 1 amide bonds. The summed E-state index contributed by atoms with van der Waals surface area (Å²) in [4.78, 5) is 26.1. The van der Waals surface area contributed by atoms with Crippen molar-refractivity contribution >= 4 is 23.5 Å². The molecule has 5 rings (SSSR count). The van der Waals surface area contributed by atoms with Gasteiger partial charge in [-0.25, -0.2) is 9.78 Å². The highest BCUT2D eigenvalue weighted by atomic mass is 16.6. The molecule has 40 heavy (non-hydrogen) atoms. The average Bonchev–Trinajstić information content (AvgIpc) is 2.96. The molecule has 0 saturated carbocycles. The van der Waals surface area contributed by atoms with E-state index >= 15 is 0 Å². The smallest absolute Gasteiger partial charge is 0.421 e. The van der Waals surface area contributed by atoms with Gasteiger partial charge in [0.1, 0.15) is 23.9 Å². The topological polar surface area (TPSA) is 98.3 Å². The molecule has 4 bridgehead atoms. The van der Waals surface area contributed by atoms with Crippen LogP contribution in [-0.2, 0) is 16.1 Å². The number of anilines is 3. The molecule has 0 aliphatic carbocycles. The highest BCUT2D eigenvalue weighted by Gasteiger charge is 2.21. The molecule has 2 aliphatic heterocycles. The number of fused-ring (bicyclic) bond motifs is 4. The summed E-state index contributed by atoms with van der Waals surface area (Å²) >= 11 is 0. The maximum absolute atomic E-state index is 13.3. The first kappa shape index (κ1) is 27.6. The normalized spacial score (nSPS) is 16.9. The molecule has 1 N–H and O–H groups in total. The summed E-state index contributed by atoms with van der Waals surface area (Å²) in [6.45, 7) is 9.63. The van der Waals surface area contributed by atoms with Gasteiger partial charge in [-0.3, -0.25) is 9.80 Å². The van der Waals surface area contributed by atoms with Crippen molar-refractivity contribution in [2.75, 3.05) is 62.8 Å². The van der Waals surface area contributed by atoms with Crippen LogP contribution in [0.15, 0.2) is 60.8 Å². The highest BCUT2D eigenvalue weighted by molar-refractivity contribution is 5.88. The lowest BCUT2D eigenvalue weighted by atomic mass is 10.1. The number of para-hydroxylation sites is 1. The molecule has 0 spiro atoms.